The van der Waals surface area contributed by atoms with Crippen molar-refractivity contribution in [2.45, 2.75) is 25.0 Å². The van der Waals surface area contributed by atoms with Crippen LogP contribution in [0, 0.1) is 12.7 Å². The van der Waals surface area contributed by atoms with Crippen molar-refractivity contribution >= 4 is 15.8 Å². The fourth-order valence-corrected chi connectivity index (χ4v) is 5.73. The van der Waals surface area contributed by atoms with Crippen LogP contribution in [0.3, 0.4) is 0 Å². The Kier molecular flexibility index (Phi) is 7.56. The zero-order valence-corrected chi connectivity index (χ0v) is 20.0. The molecule has 1 heterocycles. The van der Waals surface area contributed by atoms with Gasteiger partial charge in [0.25, 0.3) is 0 Å². The molecule has 0 aliphatic carbocycles. The summed E-state index contributed by atoms with van der Waals surface area (Å²) in [5.41, 5.74) is 3.04. The average Bonchev–Trinajstić information content (AvgIpc) is 3.34. The van der Waals surface area contributed by atoms with Crippen LogP contribution in [0.5, 0.6) is 0 Å². The Morgan fingerprint density at radius 3 is 2.41 bits per heavy atom. The highest BCUT2D eigenvalue weighted by atomic mass is 32.2. The first-order valence-electron chi connectivity index (χ1n) is 11.5. The first kappa shape index (κ1) is 24.3. The molecule has 7 heteroatoms. The summed E-state index contributed by atoms with van der Waals surface area (Å²) in [4.78, 5) is 14.9. The highest BCUT2D eigenvalue weighted by Gasteiger charge is 2.33. The second-order valence-corrected chi connectivity index (χ2v) is 10.8. The number of Topliss-reactive ketones (excluding diaryl/α,β-unsaturated/α-hetero) is 1. The molecule has 5 nitrogen and oxygen atoms in total. The smallest absolute Gasteiger partial charge is 0.216 e. The quantitative estimate of drug-likeness (QED) is 0.466. The largest absolute Gasteiger partial charge is 0.302 e. The van der Waals surface area contributed by atoms with Gasteiger partial charge in [-0.25, -0.2) is 17.5 Å². The van der Waals surface area contributed by atoms with Gasteiger partial charge < -0.3 is 4.90 Å². The Morgan fingerprint density at radius 1 is 1.03 bits per heavy atom. The van der Waals surface area contributed by atoms with Crippen LogP contribution in [0.25, 0.3) is 11.1 Å². The second-order valence-electron chi connectivity index (χ2n) is 8.76. The van der Waals surface area contributed by atoms with E-state index in [1.807, 2.05) is 48.5 Å². The number of rotatable bonds is 9. The molecule has 0 bridgehead atoms. The van der Waals surface area contributed by atoms with Crippen LogP contribution in [0.2, 0.25) is 0 Å². The minimum atomic E-state index is -3.70. The van der Waals surface area contributed by atoms with Gasteiger partial charge in [-0.2, -0.15) is 0 Å². The Bertz CT molecular complexity index is 1250. The summed E-state index contributed by atoms with van der Waals surface area (Å²) in [6.07, 6.45) is 1.37. The number of nitrogens with zero attached hydrogens (tertiary/aromatic N) is 1. The van der Waals surface area contributed by atoms with Crippen LogP contribution in [0.15, 0.2) is 72.8 Å². The highest BCUT2D eigenvalue weighted by molar-refractivity contribution is 7.90. The molecule has 1 saturated heterocycles. The van der Waals surface area contributed by atoms with Gasteiger partial charge in [-0.1, -0.05) is 60.7 Å². The van der Waals surface area contributed by atoms with E-state index in [0.717, 1.165) is 24.1 Å². The highest BCUT2D eigenvalue weighted by Crippen LogP contribution is 2.25. The fourth-order valence-electron chi connectivity index (χ4n) is 4.33. The number of carbonyl (C=O) groups excluding carboxylic acids is 1. The molecule has 0 amide bonds. The lowest BCUT2D eigenvalue weighted by Gasteiger charge is -2.16. The standard InChI is InChI=1S/C27H29FN2O3S/c1-20-16-23(22-10-6-3-7-11-22)17-25(27(20)28)26(31)18-29-34(32,33)24-13-15-30(19-24)14-12-21-8-4-2-5-9-21/h2-11,16-17,24,29H,12-15,18-19H2,1H3. The predicted molar refractivity (Wildman–Crippen MR) is 133 cm³/mol. The van der Waals surface area contributed by atoms with E-state index in [1.165, 1.54) is 11.6 Å². The third kappa shape index (κ3) is 5.78. The number of carbonyl (C=O) groups is 1. The first-order valence-corrected chi connectivity index (χ1v) is 13.0. The summed E-state index contributed by atoms with van der Waals surface area (Å²) in [7, 11) is -3.70. The van der Waals surface area contributed by atoms with Crippen molar-refractivity contribution in [2.75, 3.05) is 26.2 Å². The lowest BCUT2D eigenvalue weighted by molar-refractivity contribution is 0.0993. The van der Waals surface area contributed by atoms with E-state index in [4.69, 9.17) is 0 Å². The van der Waals surface area contributed by atoms with Gasteiger partial charge in [0.05, 0.1) is 17.4 Å². The van der Waals surface area contributed by atoms with E-state index in [-0.39, 0.29) is 5.56 Å². The Labute approximate surface area is 200 Å². The van der Waals surface area contributed by atoms with E-state index in [1.54, 1.807) is 13.0 Å². The van der Waals surface area contributed by atoms with Crippen molar-refractivity contribution in [3.8, 4) is 11.1 Å². The molecule has 178 valence electrons. The number of ketones is 1. The molecule has 3 aromatic carbocycles. The minimum Gasteiger partial charge on any atom is -0.302 e. The van der Waals surface area contributed by atoms with Crippen LogP contribution in [-0.4, -0.2) is 50.5 Å². The van der Waals surface area contributed by atoms with Crippen LogP contribution in [0.1, 0.15) is 27.9 Å². The number of hydrogen-bond donors (Lipinski definition) is 1. The molecule has 1 fully saturated rings. The molecular formula is C27H29FN2O3S. The normalized spacial score (nSPS) is 16.6. The number of aryl methyl sites for hydroxylation is 1. The van der Waals surface area contributed by atoms with Gasteiger partial charge in [0.2, 0.25) is 10.0 Å². The lowest BCUT2D eigenvalue weighted by atomic mass is 9.98. The Morgan fingerprint density at radius 2 is 1.71 bits per heavy atom. The van der Waals surface area contributed by atoms with Crippen LogP contribution >= 0.6 is 0 Å². The van der Waals surface area contributed by atoms with Crippen molar-refractivity contribution in [2.24, 2.45) is 0 Å². The van der Waals surface area contributed by atoms with Crippen LogP contribution in [0.4, 0.5) is 4.39 Å². The molecule has 1 aliphatic rings. The maximum absolute atomic E-state index is 14.7. The summed E-state index contributed by atoms with van der Waals surface area (Å²) in [6, 6.07) is 22.6. The summed E-state index contributed by atoms with van der Waals surface area (Å²) < 4.78 is 42.9. The first-order chi connectivity index (χ1) is 16.3. The van der Waals surface area contributed by atoms with E-state index in [2.05, 4.69) is 21.8 Å². The molecule has 34 heavy (non-hydrogen) atoms. The molecule has 0 aromatic heterocycles. The molecule has 1 aliphatic heterocycles. The monoisotopic (exact) mass is 480 g/mol. The topological polar surface area (TPSA) is 66.5 Å². The maximum Gasteiger partial charge on any atom is 0.216 e. The lowest BCUT2D eigenvalue weighted by Crippen LogP contribution is -2.39. The van der Waals surface area contributed by atoms with Gasteiger partial charge in [0.1, 0.15) is 5.82 Å². The summed E-state index contributed by atoms with van der Waals surface area (Å²) >= 11 is 0. The molecule has 3 aromatic rings. The summed E-state index contributed by atoms with van der Waals surface area (Å²) in [5, 5.41) is -0.585. The molecule has 0 radical (unpaired) electrons. The molecule has 1 N–H and O–H groups in total. The number of hydrogen-bond acceptors (Lipinski definition) is 4. The molecule has 1 atom stereocenters. The third-order valence-corrected chi connectivity index (χ3v) is 8.13. The van der Waals surface area contributed by atoms with E-state index in [9.17, 15) is 17.6 Å². The molecular weight excluding hydrogens is 451 g/mol. The van der Waals surface area contributed by atoms with Crippen molar-refractivity contribution in [3.63, 3.8) is 0 Å². The van der Waals surface area contributed by atoms with Crippen molar-refractivity contribution in [3.05, 3.63) is 95.3 Å². The number of halogens is 1. The number of benzene rings is 3. The van der Waals surface area contributed by atoms with Crippen molar-refractivity contribution < 1.29 is 17.6 Å². The summed E-state index contributed by atoms with van der Waals surface area (Å²) in [5.74, 6) is -1.20. The Hall–Kier alpha value is -2.87. The van der Waals surface area contributed by atoms with Crippen LogP contribution < -0.4 is 4.72 Å². The molecule has 1 unspecified atom stereocenters. The predicted octanol–water partition coefficient (Wildman–Crippen LogP) is 4.22. The van der Waals surface area contributed by atoms with Crippen molar-refractivity contribution in [1.82, 2.24) is 9.62 Å². The van der Waals surface area contributed by atoms with Gasteiger partial charge in [-0.05, 0) is 60.7 Å². The summed E-state index contributed by atoms with van der Waals surface area (Å²) in [6.45, 7) is 3.04. The SMILES string of the molecule is Cc1cc(-c2ccccc2)cc(C(=O)CNS(=O)(=O)C2CCN(CCc3ccccc3)C2)c1F. The van der Waals surface area contributed by atoms with Gasteiger partial charge in [-0.3, -0.25) is 4.79 Å². The number of nitrogens with one attached hydrogen (secondary N) is 1. The van der Waals surface area contributed by atoms with Crippen LogP contribution in [-0.2, 0) is 16.4 Å². The van der Waals surface area contributed by atoms with Gasteiger partial charge in [0.15, 0.2) is 5.78 Å². The number of likely N-dealkylation sites (tertiary alicyclic amines) is 1. The van der Waals surface area contributed by atoms with Gasteiger partial charge in [0, 0.05) is 13.1 Å². The minimum absolute atomic E-state index is 0.0996. The zero-order chi connectivity index (χ0) is 24.1. The fraction of sp³-hybridized carbons (Fsp3) is 0.296. The molecule has 4 rings (SSSR count). The van der Waals surface area contributed by atoms with Gasteiger partial charge >= 0.3 is 0 Å². The third-order valence-electron chi connectivity index (χ3n) is 6.32. The maximum atomic E-state index is 14.7. The van der Waals surface area contributed by atoms with E-state index in [0.29, 0.717) is 25.1 Å². The van der Waals surface area contributed by atoms with E-state index >= 15 is 0 Å². The second kappa shape index (κ2) is 10.6. The Balaban J connectivity index is 1.37. The average molecular weight is 481 g/mol. The molecule has 0 spiro atoms. The molecule has 0 saturated carbocycles. The van der Waals surface area contributed by atoms with Gasteiger partial charge in [-0.15, -0.1) is 0 Å². The van der Waals surface area contributed by atoms with E-state index < -0.39 is 33.4 Å². The van der Waals surface area contributed by atoms with Crippen molar-refractivity contribution in [1.29, 1.82) is 0 Å². The zero-order valence-electron chi connectivity index (χ0n) is 19.2. The number of sulfonamides is 1.